The molecule has 1 aromatic rings. The average molecular weight is 304 g/mol. The van der Waals surface area contributed by atoms with Gasteiger partial charge in [-0.3, -0.25) is 4.79 Å². The zero-order chi connectivity index (χ0) is 15.9. The molecule has 0 aliphatic carbocycles. The molecule has 0 aromatic heterocycles. The Balaban J connectivity index is 1.74. The van der Waals surface area contributed by atoms with Gasteiger partial charge >= 0.3 is 0 Å². The molecule has 0 bridgehead atoms. The topological polar surface area (TPSA) is 41.6 Å². The zero-order valence-corrected chi connectivity index (χ0v) is 14.0. The lowest BCUT2D eigenvalue weighted by molar-refractivity contribution is -0.120. The molecule has 1 N–H and O–H groups in total. The Labute approximate surface area is 133 Å². The van der Waals surface area contributed by atoms with E-state index in [0.717, 1.165) is 42.8 Å². The molecule has 0 radical (unpaired) electrons. The maximum Gasteiger partial charge on any atom is 0.224 e. The normalized spacial score (nSPS) is 22.3. The van der Waals surface area contributed by atoms with Crippen LogP contribution in [0.2, 0.25) is 0 Å². The lowest BCUT2D eigenvalue weighted by Gasteiger charge is -2.34. The summed E-state index contributed by atoms with van der Waals surface area (Å²) in [5.41, 5.74) is 0.933. The first-order valence-corrected chi connectivity index (χ1v) is 8.19. The summed E-state index contributed by atoms with van der Waals surface area (Å²) in [6.07, 6.45) is 1.69. The molecule has 1 fully saturated rings. The Morgan fingerprint density at radius 3 is 2.64 bits per heavy atom. The number of hydrogen-bond acceptors (Lipinski definition) is 3. The van der Waals surface area contributed by atoms with Crippen LogP contribution in [-0.4, -0.2) is 44.1 Å². The molecule has 4 heteroatoms. The van der Waals surface area contributed by atoms with Crippen molar-refractivity contribution in [2.45, 2.75) is 26.7 Å². The highest BCUT2D eigenvalue weighted by molar-refractivity contribution is 5.79. The Morgan fingerprint density at radius 2 is 1.95 bits per heavy atom. The summed E-state index contributed by atoms with van der Waals surface area (Å²) in [4.78, 5) is 14.5. The number of carbonyl (C=O) groups is 1. The van der Waals surface area contributed by atoms with Gasteiger partial charge in [0.15, 0.2) is 0 Å². The largest absolute Gasteiger partial charge is 0.496 e. The fraction of sp³-hybridized carbons (Fsp3) is 0.611. The molecule has 0 spiro atoms. The Hall–Kier alpha value is -1.55. The first-order chi connectivity index (χ1) is 10.6. The average Bonchev–Trinajstić information content (AvgIpc) is 2.46. The van der Waals surface area contributed by atoms with Gasteiger partial charge in [0.25, 0.3) is 0 Å². The lowest BCUT2D eigenvalue weighted by atomic mass is 9.92. The third-order valence-electron chi connectivity index (χ3n) is 4.24. The van der Waals surface area contributed by atoms with Crippen LogP contribution in [0, 0.1) is 11.8 Å². The molecule has 0 unspecified atom stereocenters. The molecule has 0 saturated carbocycles. The number of methoxy groups -OCH3 is 1. The van der Waals surface area contributed by atoms with Gasteiger partial charge in [-0.05, 0) is 24.3 Å². The van der Waals surface area contributed by atoms with E-state index >= 15 is 0 Å². The first kappa shape index (κ1) is 16.8. The Kier molecular flexibility index (Phi) is 6.25. The molecule has 1 heterocycles. The molecule has 1 aromatic carbocycles. The highest BCUT2D eigenvalue weighted by Crippen LogP contribution is 2.20. The van der Waals surface area contributed by atoms with Crippen LogP contribution in [0.15, 0.2) is 24.3 Å². The molecule has 1 aliphatic heterocycles. The van der Waals surface area contributed by atoms with Crippen molar-refractivity contribution < 1.29 is 9.53 Å². The standard InChI is InChI=1S/C18H28N2O2/c1-14-10-15(2)13-20(12-14)9-8-19-18(21)11-16-6-4-5-7-17(16)22-3/h4-7,14-15H,8-13H2,1-3H3,(H,19,21)/t14-,15-/m0/s1. The highest BCUT2D eigenvalue weighted by atomic mass is 16.5. The van der Waals surface area contributed by atoms with E-state index in [2.05, 4.69) is 24.1 Å². The van der Waals surface area contributed by atoms with Gasteiger partial charge in [-0.1, -0.05) is 32.0 Å². The fourth-order valence-corrected chi connectivity index (χ4v) is 3.41. The van der Waals surface area contributed by atoms with Crippen molar-refractivity contribution in [3.8, 4) is 5.75 Å². The van der Waals surface area contributed by atoms with Gasteiger partial charge in [0.2, 0.25) is 5.91 Å². The predicted octanol–water partition coefficient (Wildman–Crippen LogP) is 2.33. The van der Waals surface area contributed by atoms with Crippen molar-refractivity contribution in [2.24, 2.45) is 11.8 Å². The number of piperidine rings is 1. The van der Waals surface area contributed by atoms with Crippen LogP contribution in [0.1, 0.15) is 25.8 Å². The zero-order valence-electron chi connectivity index (χ0n) is 14.0. The van der Waals surface area contributed by atoms with Crippen molar-refractivity contribution >= 4 is 5.91 Å². The summed E-state index contributed by atoms with van der Waals surface area (Å²) in [6, 6.07) is 7.67. The van der Waals surface area contributed by atoms with E-state index in [4.69, 9.17) is 4.74 Å². The van der Waals surface area contributed by atoms with E-state index in [1.165, 1.54) is 6.42 Å². The SMILES string of the molecule is COc1ccccc1CC(=O)NCCN1C[C@@H](C)C[C@H](C)C1. The molecule has 1 amide bonds. The van der Waals surface area contributed by atoms with Crippen molar-refractivity contribution in [3.63, 3.8) is 0 Å². The molecular formula is C18H28N2O2. The van der Waals surface area contributed by atoms with Crippen LogP contribution in [0.4, 0.5) is 0 Å². The van der Waals surface area contributed by atoms with Crippen LogP contribution < -0.4 is 10.1 Å². The molecule has 122 valence electrons. The highest BCUT2D eigenvalue weighted by Gasteiger charge is 2.21. The fourth-order valence-electron chi connectivity index (χ4n) is 3.41. The van der Waals surface area contributed by atoms with E-state index in [-0.39, 0.29) is 5.91 Å². The quantitative estimate of drug-likeness (QED) is 0.877. The van der Waals surface area contributed by atoms with Crippen molar-refractivity contribution in [2.75, 3.05) is 33.3 Å². The van der Waals surface area contributed by atoms with Crippen LogP contribution in [-0.2, 0) is 11.2 Å². The van der Waals surface area contributed by atoms with E-state index in [1.807, 2.05) is 24.3 Å². The molecule has 2 rings (SSSR count). The van der Waals surface area contributed by atoms with Crippen LogP contribution >= 0.6 is 0 Å². The van der Waals surface area contributed by atoms with Crippen LogP contribution in [0.5, 0.6) is 5.75 Å². The maximum atomic E-state index is 12.1. The predicted molar refractivity (Wildman–Crippen MR) is 89.1 cm³/mol. The van der Waals surface area contributed by atoms with E-state index in [0.29, 0.717) is 13.0 Å². The van der Waals surface area contributed by atoms with Gasteiger partial charge in [0.1, 0.15) is 5.75 Å². The first-order valence-electron chi connectivity index (χ1n) is 8.19. The smallest absolute Gasteiger partial charge is 0.224 e. The number of nitrogens with zero attached hydrogens (tertiary/aromatic N) is 1. The summed E-state index contributed by atoms with van der Waals surface area (Å²) in [5, 5.41) is 3.02. The van der Waals surface area contributed by atoms with Crippen molar-refractivity contribution in [1.82, 2.24) is 10.2 Å². The molecule has 2 atom stereocenters. The number of rotatable bonds is 6. The van der Waals surface area contributed by atoms with Gasteiger partial charge in [-0.2, -0.15) is 0 Å². The number of para-hydroxylation sites is 1. The van der Waals surface area contributed by atoms with Crippen molar-refractivity contribution in [3.05, 3.63) is 29.8 Å². The molecule has 22 heavy (non-hydrogen) atoms. The number of nitrogens with one attached hydrogen (secondary N) is 1. The van der Waals surface area contributed by atoms with Crippen LogP contribution in [0.25, 0.3) is 0 Å². The monoisotopic (exact) mass is 304 g/mol. The van der Waals surface area contributed by atoms with E-state index in [1.54, 1.807) is 7.11 Å². The number of hydrogen-bond donors (Lipinski definition) is 1. The van der Waals surface area contributed by atoms with Gasteiger partial charge in [-0.15, -0.1) is 0 Å². The third kappa shape index (κ3) is 5.02. The molecular weight excluding hydrogens is 276 g/mol. The minimum Gasteiger partial charge on any atom is -0.496 e. The van der Waals surface area contributed by atoms with Gasteiger partial charge < -0.3 is 15.0 Å². The summed E-state index contributed by atoms with van der Waals surface area (Å²) in [7, 11) is 1.63. The van der Waals surface area contributed by atoms with Crippen molar-refractivity contribution in [1.29, 1.82) is 0 Å². The molecule has 4 nitrogen and oxygen atoms in total. The summed E-state index contributed by atoms with van der Waals surface area (Å²) >= 11 is 0. The van der Waals surface area contributed by atoms with E-state index in [9.17, 15) is 4.79 Å². The summed E-state index contributed by atoms with van der Waals surface area (Å²) in [6.45, 7) is 8.56. The second kappa shape index (κ2) is 8.18. The minimum atomic E-state index is 0.0580. The van der Waals surface area contributed by atoms with Gasteiger partial charge in [0, 0.05) is 31.7 Å². The Bertz CT molecular complexity index is 480. The van der Waals surface area contributed by atoms with Gasteiger partial charge in [0.05, 0.1) is 13.5 Å². The maximum absolute atomic E-state index is 12.1. The second-order valence-corrected chi connectivity index (χ2v) is 6.54. The summed E-state index contributed by atoms with van der Waals surface area (Å²) in [5.74, 6) is 2.35. The lowest BCUT2D eigenvalue weighted by Crippen LogP contribution is -2.43. The van der Waals surface area contributed by atoms with Crippen LogP contribution in [0.3, 0.4) is 0 Å². The Morgan fingerprint density at radius 1 is 1.27 bits per heavy atom. The number of ether oxygens (including phenoxy) is 1. The number of carbonyl (C=O) groups excluding carboxylic acids is 1. The minimum absolute atomic E-state index is 0.0580. The molecule has 1 aliphatic rings. The van der Waals surface area contributed by atoms with Gasteiger partial charge in [-0.25, -0.2) is 0 Å². The number of benzene rings is 1. The van der Waals surface area contributed by atoms with E-state index < -0.39 is 0 Å². The third-order valence-corrected chi connectivity index (χ3v) is 4.24. The second-order valence-electron chi connectivity index (χ2n) is 6.54. The number of likely N-dealkylation sites (tertiary alicyclic amines) is 1. The molecule has 1 saturated heterocycles. The summed E-state index contributed by atoms with van der Waals surface area (Å²) < 4.78 is 5.28. The number of amides is 1.